The zero-order valence-electron chi connectivity index (χ0n) is 10.9. The highest BCUT2D eigenvalue weighted by atomic mass is 16.3. The zero-order chi connectivity index (χ0) is 12.5. The molecule has 1 atom stereocenters. The van der Waals surface area contributed by atoms with Crippen molar-refractivity contribution in [3.05, 3.63) is 0 Å². The lowest BCUT2D eigenvalue weighted by atomic mass is 9.74. The van der Waals surface area contributed by atoms with Gasteiger partial charge in [0.1, 0.15) is 0 Å². The van der Waals surface area contributed by atoms with E-state index in [9.17, 15) is 9.90 Å². The molecule has 17 heavy (non-hydrogen) atoms. The van der Waals surface area contributed by atoms with Crippen LogP contribution in [0.5, 0.6) is 0 Å². The standard InChI is InChI=1S/C13H24N2O2/c1-12(2,10-4-3-7-14-8-10)11(17)15-13(9-16)5-6-13/h10,14,16H,3-9H2,1-2H3,(H,15,17). The monoisotopic (exact) mass is 240 g/mol. The molecule has 1 amide bonds. The summed E-state index contributed by atoms with van der Waals surface area (Å²) in [6.45, 7) is 6.10. The normalized spacial score (nSPS) is 27.6. The van der Waals surface area contributed by atoms with Gasteiger partial charge in [-0.1, -0.05) is 13.8 Å². The third kappa shape index (κ3) is 2.63. The first-order valence-electron chi connectivity index (χ1n) is 6.64. The minimum absolute atomic E-state index is 0.0672. The van der Waals surface area contributed by atoms with E-state index < -0.39 is 0 Å². The predicted molar refractivity (Wildman–Crippen MR) is 66.6 cm³/mol. The van der Waals surface area contributed by atoms with Crippen LogP contribution in [0.15, 0.2) is 0 Å². The summed E-state index contributed by atoms with van der Waals surface area (Å²) >= 11 is 0. The van der Waals surface area contributed by atoms with E-state index in [1.165, 1.54) is 0 Å². The second kappa shape index (κ2) is 4.58. The van der Waals surface area contributed by atoms with Crippen LogP contribution < -0.4 is 10.6 Å². The molecule has 4 nitrogen and oxygen atoms in total. The fourth-order valence-electron chi connectivity index (χ4n) is 2.53. The second-order valence-electron chi connectivity index (χ2n) is 6.16. The molecule has 1 heterocycles. The number of aliphatic hydroxyl groups excluding tert-OH is 1. The Morgan fingerprint density at radius 3 is 2.71 bits per heavy atom. The minimum Gasteiger partial charge on any atom is -0.394 e. The number of carbonyl (C=O) groups is 1. The van der Waals surface area contributed by atoms with Gasteiger partial charge in [-0.2, -0.15) is 0 Å². The van der Waals surface area contributed by atoms with Gasteiger partial charge in [0.05, 0.1) is 12.1 Å². The van der Waals surface area contributed by atoms with E-state index in [0.717, 1.165) is 38.8 Å². The Balaban J connectivity index is 1.96. The number of hydrogen-bond donors (Lipinski definition) is 3. The lowest BCUT2D eigenvalue weighted by Crippen LogP contribution is -2.51. The summed E-state index contributed by atoms with van der Waals surface area (Å²) in [7, 11) is 0. The summed E-state index contributed by atoms with van der Waals surface area (Å²) in [5, 5.41) is 15.7. The van der Waals surface area contributed by atoms with Crippen molar-refractivity contribution in [3.8, 4) is 0 Å². The second-order valence-corrected chi connectivity index (χ2v) is 6.16. The van der Waals surface area contributed by atoms with Gasteiger partial charge in [-0.25, -0.2) is 0 Å². The highest BCUT2D eigenvalue weighted by molar-refractivity contribution is 5.83. The van der Waals surface area contributed by atoms with Crippen molar-refractivity contribution in [1.29, 1.82) is 0 Å². The molecule has 2 rings (SSSR count). The van der Waals surface area contributed by atoms with Gasteiger partial charge in [0.2, 0.25) is 5.91 Å². The predicted octanol–water partition coefficient (Wildman–Crippen LogP) is 0.653. The maximum atomic E-state index is 12.3. The molecule has 0 aromatic carbocycles. The van der Waals surface area contributed by atoms with Gasteiger partial charge in [-0.05, 0) is 44.7 Å². The largest absolute Gasteiger partial charge is 0.394 e. The maximum Gasteiger partial charge on any atom is 0.226 e. The van der Waals surface area contributed by atoms with Crippen molar-refractivity contribution in [2.75, 3.05) is 19.7 Å². The highest BCUT2D eigenvalue weighted by Gasteiger charge is 2.47. The van der Waals surface area contributed by atoms with Crippen LogP contribution >= 0.6 is 0 Å². The molecule has 1 aliphatic carbocycles. The topological polar surface area (TPSA) is 61.4 Å². The molecule has 0 radical (unpaired) electrons. The molecule has 1 saturated heterocycles. The Bertz CT molecular complexity index is 292. The van der Waals surface area contributed by atoms with Gasteiger partial charge in [0, 0.05) is 5.41 Å². The first-order valence-corrected chi connectivity index (χ1v) is 6.64. The van der Waals surface area contributed by atoms with Gasteiger partial charge in [0.15, 0.2) is 0 Å². The van der Waals surface area contributed by atoms with Crippen LogP contribution in [0.3, 0.4) is 0 Å². The molecule has 0 spiro atoms. The molecule has 0 aromatic rings. The van der Waals surface area contributed by atoms with Gasteiger partial charge in [0.25, 0.3) is 0 Å². The van der Waals surface area contributed by atoms with Crippen molar-refractivity contribution in [2.45, 2.75) is 45.1 Å². The molecule has 1 unspecified atom stereocenters. The number of piperidine rings is 1. The molecule has 98 valence electrons. The van der Waals surface area contributed by atoms with Crippen molar-refractivity contribution in [3.63, 3.8) is 0 Å². The molecule has 1 aliphatic heterocycles. The molecular weight excluding hydrogens is 216 g/mol. The third-order valence-corrected chi connectivity index (χ3v) is 4.44. The van der Waals surface area contributed by atoms with Crippen LogP contribution in [-0.2, 0) is 4.79 Å². The van der Waals surface area contributed by atoms with E-state index in [1.807, 2.05) is 13.8 Å². The lowest BCUT2D eigenvalue weighted by molar-refractivity contribution is -0.134. The summed E-state index contributed by atoms with van der Waals surface area (Å²) in [6.07, 6.45) is 4.08. The first-order chi connectivity index (χ1) is 8.00. The summed E-state index contributed by atoms with van der Waals surface area (Å²) in [5.74, 6) is 0.489. The van der Waals surface area contributed by atoms with Crippen LogP contribution in [0.1, 0.15) is 39.5 Å². The number of hydrogen-bond acceptors (Lipinski definition) is 3. The van der Waals surface area contributed by atoms with Crippen molar-refractivity contribution in [2.24, 2.45) is 11.3 Å². The smallest absolute Gasteiger partial charge is 0.226 e. The van der Waals surface area contributed by atoms with E-state index in [0.29, 0.717) is 5.92 Å². The van der Waals surface area contributed by atoms with Crippen molar-refractivity contribution < 1.29 is 9.90 Å². The van der Waals surface area contributed by atoms with Gasteiger partial charge in [-0.15, -0.1) is 0 Å². The van der Waals surface area contributed by atoms with E-state index in [1.54, 1.807) is 0 Å². The Morgan fingerprint density at radius 1 is 1.53 bits per heavy atom. The lowest BCUT2D eigenvalue weighted by Gasteiger charge is -2.37. The summed E-state index contributed by atoms with van der Waals surface area (Å²) in [4.78, 5) is 12.3. The number of rotatable bonds is 4. The van der Waals surface area contributed by atoms with Crippen LogP contribution in [-0.4, -0.2) is 36.2 Å². The van der Waals surface area contributed by atoms with Crippen LogP contribution in [0.4, 0.5) is 0 Å². The molecule has 4 heteroatoms. The SMILES string of the molecule is CC(C)(C(=O)NC1(CO)CC1)C1CCCNC1. The van der Waals surface area contributed by atoms with Gasteiger partial charge >= 0.3 is 0 Å². The first kappa shape index (κ1) is 12.8. The summed E-state index contributed by atoms with van der Waals surface area (Å²) in [5.41, 5.74) is -0.644. The van der Waals surface area contributed by atoms with Crippen LogP contribution in [0, 0.1) is 11.3 Å². The Kier molecular flexibility index (Phi) is 3.46. The average Bonchev–Trinajstić information content (AvgIpc) is 3.10. The van der Waals surface area contributed by atoms with Gasteiger partial charge < -0.3 is 15.7 Å². The fraction of sp³-hybridized carbons (Fsp3) is 0.923. The average molecular weight is 240 g/mol. The third-order valence-electron chi connectivity index (χ3n) is 4.44. The maximum absolute atomic E-state index is 12.3. The number of amides is 1. The van der Waals surface area contributed by atoms with E-state index in [-0.39, 0.29) is 23.5 Å². The Labute approximate surface area is 103 Å². The number of carbonyl (C=O) groups excluding carboxylic acids is 1. The molecule has 0 bridgehead atoms. The van der Waals surface area contributed by atoms with Crippen molar-refractivity contribution >= 4 is 5.91 Å². The summed E-state index contributed by atoms with van der Waals surface area (Å²) in [6, 6.07) is 0. The molecule has 2 aliphatic rings. The Hall–Kier alpha value is -0.610. The van der Waals surface area contributed by atoms with E-state index >= 15 is 0 Å². The fourth-order valence-corrected chi connectivity index (χ4v) is 2.53. The number of aliphatic hydroxyl groups is 1. The van der Waals surface area contributed by atoms with Crippen molar-refractivity contribution in [1.82, 2.24) is 10.6 Å². The molecule has 1 saturated carbocycles. The van der Waals surface area contributed by atoms with Gasteiger partial charge in [-0.3, -0.25) is 4.79 Å². The molecule has 0 aromatic heterocycles. The molecule has 2 fully saturated rings. The van der Waals surface area contributed by atoms with Crippen LogP contribution in [0.2, 0.25) is 0 Å². The summed E-state index contributed by atoms with van der Waals surface area (Å²) < 4.78 is 0. The minimum atomic E-state index is -0.349. The van der Waals surface area contributed by atoms with E-state index in [2.05, 4.69) is 10.6 Å². The van der Waals surface area contributed by atoms with Crippen LogP contribution in [0.25, 0.3) is 0 Å². The number of nitrogens with one attached hydrogen (secondary N) is 2. The molecule has 3 N–H and O–H groups in total. The molecular formula is C13H24N2O2. The zero-order valence-corrected chi connectivity index (χ0v) is 10.9. The van der Waals surface area contributed by atoms with E-state index in [4.69, 9.17) is 0 Å². The highest BCUT2D eigenvalue weighted by Crippen LogP contribution is 2.38. The Morgan fingerprint density at radius 2 is 2.24 bits per heavy atom. The quantitative estimate of drug-likeness (QED) is 0.676.